The first kappa shape index (κ1) is 84.6. The molecule has 3 aromatic carbocycles. The first-order valence-electron chi connectivity index (χ1n) is 24.4. The number of rotatable bonds is 0. The molecule has 0 spiro atoms. The highest BCUT2D eigenvalue weighted by molar-refractivity contribution is 5.36. The van der Waals surface area contributed by atoms with Crippen LogP contribution in [-0.2, 0) is 0 Å². The van der Waals surface area contributed by atoms with Crippen molar-refractivity contribution in [1.29, 1.82) is 0 Å². The zero-order valence-electron chi connectivity index (χ0n) is 41.7. The minimum atomic E-state index is 0. The zero-order valence-corrected chi connectivity index (χ0v) is 41.7. The smallest absolute Gasteiger partial charge is 0.0392 e. The number of benzene rings is 3. The Morgan fingerprint density at radius 2 is 0.343 bits per heavy atom. The van der Waals surface area contributed by atoms with Crippen molar-refractivity contribution in [3.05, 3.63) is 105 Å². The number of hydrogen-bond donors (Lipinski definition) is 0. The van der Waals surface area contributed by atoms with Gasteiger partial charge in [-0.05, 0) is 119 Å². The maximum Gasteiger partial charge on any atom is -0.0392 e. The predicted molar refractivity (Wildman–Crippen MR) is 325 cm³/mol. The van der Waals surface area contributed by atoms with E-state index in [1.54, 1.807) is 0 Å². The summed E-state index contributed by atoms with van der Waals surface area (Å²) in [6.45, 7) is 36.0. The van der Waals surface area contributed by atoms with Gasteiger partial charge in [0, 0.05) is 0 Å². The number of hydrogen-bond acceptors (Lipinski definition) is 0. The average molecular weight is 940 g/mol. The fourth-order valence-electron chi connectivity index (χ4n) is 8.23. The van der Waals surface area contributed by atoms with Gasteiger partial charge in [0.2, 0.25) is 0 Å². The summed E-state index contributed by atoms with van der Waals surface area (Å²) in [7, 11) is 0. The molecule has 4 fully saturated rings. The standard InChI is InChI=1S/C10H14.4C8H16.2C8H10.9CH4/c1-7-5-8(2)10(4)9(3)6-7;6*1-7-3-5-8(2)6-4-7;;;;;;;;;/h5-6H,1-4H3;4*7-8H,3-6H2,1-2H3;2*3-6H,1-2H3;9*1H4. The van der Waals surface area contributed by atoms with E-state index in [0.717, 1.165) is 47.3 Å². The summed E-state index contributed by atoms with van der Waals surface area (Å²) in [5.41, 5.74) is 10.9. The lowest BCUT2D eigenvalue weighted by atomic mass is 9.84. The van der Waals surface area contributed by atoms with E-state index in [9.17, 15) is 0 Å². The molecule has 4 aliphatic rings. The summed E-state index contributed by atoms with van der Waals surface area (Å²) in [6, 6.07) is 21.4. The summed E-state index contributed by atoms with van der Waals surface area (Å²) < 4.78 is 0. The molecule has 402 valence electrons. The Bertz CT molecular complexity index is 1170. The van der Waals surface area contributed by atoms with Crippen LogP contribution >= 0.6 is 0 Å². The van der Waals surface area contributed by atoms with Crippen LogP contribution in [0.5, 0.6) is 0 Å². The van der Waals surface area contributed by atoms with E-state index in [2.05, 4.69) is 171 Å². The van der Waals surface area contributed by atoms with Crippen LogP contribution in [0.2, 0.25) is 0 Å². The Morgan fingerprint density at radius 1 is 0.224 bits per heavy atom. The molecular weight excluding hydrogens is 805 g/mol. The highest BCUT2D eigenvalue weighted by Crippen LogP contribution is 2.29. The van der Waals surface area contributed by atoms with Crippen LogP contribution in [0.25, 0.3) is 0 Å². The van der Waals surface area contributed by atoms with Gasteiger partial charge in [-0.3, -0.25) is 0 Å². The Hall–Kier alpha value is -2.34. The van der Waals surface area contributed by atoms with Crippen LogP contribution in [0, 0.1) is 103 Å². The van der Waals surface area contributed by atoms with Crippen LogP contribution in [-0.4, -0.2) is 0 Å². The van der Waals surface area contributed by atoms with Crippen molar-refractivity contribution in [2.75, 3.05) is 0 Å². The predicted octanol–water partition coefficient (Wildman–Crippen LogP) is 24.6. The molecule has 3 aromatic rings. The van der Waals surface area contributed by atoms with Gasteiger partial charge in [-0.15, -0.1) is 0 Å². The molecular formula is C67H134. The van der Waals surface area contributed by atoms with Crippen LogP contribution in [0.3, 0.4) is 0 Å². The highest BCUT2D eigenvalue weighted by atomic mass is 14.2. The molecule has 0 aliphatic heterocycles. The van der Waals surface area contributed by atoms with Gasteiger partial charge in [0.05, 0.1) is 0 Å². The van der Waals surface area contributed by atoms with E-state index in [-0.39, 0.29) is 66.8 Å². The lowest BCUT2D eigenvalue weighted by Gasteiger charge is -2.22. The highest BCUT2D eigenvalue weighted by Gasteiger charge is 2.15. The Kier molecular flexibility index (Phi) is 61.4. The molecule has 7 rings (SSSR count). The lowest BCUT2D eigenvalue weighted by molar-refractivity contribution is 0.308. The fourth-order valence-corrected chi connectivity index (χ4v) is 8.23. The SMILES string of the molecule is C.C.C.C.C.C.C.C.C.CC1CCC(C)CC1.CC1CCC(C)CC1.CC1CCC(C)CC1.CC1CCC(C)CC1.Cc1cc(C)c(C)c(C)c1.Cc1ccc(C)cc1.Cc1ccc(C)cc1. The van der Waals surface area contributed by atoms with Crippen molar-refractivity contribution in [2.24, 2.45) is 47.3 Å². The summed E-state index contributed by atoms with van der Waals surface area (Å²) in [5.74, 6) is 8.16. The van der Waals surface area contributed by atoms with Crippen LogP contribution in [0.4, 0.5) is 0 Å². The molecule has 0 radical (unpaired) electrons. The van der Waals surface area contributed by atoms with Crippen molar-refractivity contribution in [3.63, 3.8) is 0 Å². The lowest BCUT2D eigenvalue weighted by Crippen LogP contribution is -2.08. The second kappa shape index (κ2) is 48.7. The van der Waals surface area contributed by atoms with E-state index >= 15 is 0 Å². The third kappa shape index (κ3) is 44.6. The monoisotopic (exact) mass is 939 g/mol. The maximum absolute atomic E-state index is 2.37. The van der Waals surface area contributed by atoms with Gasteiger partial charge in [-0.2, -0.15) is 0 Å². The molecule has 0 heteroatoms. The minimum absolute atomic E-state index is 0. The molecule has 0 nitrogen and oxygen atoms in total. The minimum Gasteiger partial charge on any atom is -0.0776 e. The second-order valence-electron chi connectivity index (χ2n) is 20.8. The van der Waals surface area contributed by atoms with E-state index in [4.69, 9.17) is 0 Å². The summed E-state index contributed by atoms with van der Waals surface area (Å²) >= 11 is 0. The Morgan fingerprint density at radius 3 is 0.463 bits per heavy atom. The largest absolute Gasteiger partial charge is 0.0776 e. The molecule has 0 heterocycles. The average Bonchev–Trinajstić information content (AvgIpc) is 3.19. The van der Waals surface area contributed by atoms with Crippen molar-refractivity contribution in [2.45, 2.75) is 280 Å². The van der Waals surface area contributed by atoms with Crippen LogP contribution in [0.1, 0.15) is 269 Å². The van der Waals surface area contributed by atoms with Crippen LogP contribution < -0.4 is 0 Å². The molecule has 0 amide bonds. The molecule has 0 saturated heterocycles. The van der Waals surface area contributed by atoms with E-state index in [1.165, 1.54) is 147 Å². The maximum atomic E-state index is 2.37. The second-order valence-corrected chi connectivity index (χ2v) is 20.8. The van der Waals surface area contributed by atoms with Crippen molar-refractivity contribution < 1.29 is 0 Å². The van der Waals surface area contributed by atoms with Crippen molar-refractivity contribution in [3.8, 4) is 0 Å². The summed E-state index contributed by atoms with van der Waals surface area (Å²) in [6.07, 6.45) is 23.6. The Balaban J connectivity index is -0.0000000819. The molecule has 0 bridgehead atoms. The molecule has 4 saturated carbocycles. The normalized spacial score (nSPS) is 22.7. The third-order valence-corrected chi connectivity index (χ3v) is 13.7. The van der Waals surface area contributed by atoms with Gasteiger partial charge in [0.15, 0.2) is 0 Å². The quantitative estimate of drug-likeness (QED) is 0.211. The van der Waals surface area contributed by atoms with Gasteiger partial charge >= 0.3 is 0 Å². The Labute approximate surface area is 430 Å². The van der Waals surface area contributed by atoms with Gasteiger partial charge in [0.1, 0.15) is 0 Å². The summed E-state index contributed by atoms with van der Waals surface area (Å²) in [4.78, 5) is 0. The van der Waals surface area contributed by atoms with Gasteiger partial charge in [-0.25, -0.2) is 0 Å². The molecule has 0 atom stereocenters. The fraction of sp³-hybridized carbons (Fsp3) is 0.731. The van der Waals surface area contributed by atoms with Crippen molar-refractivity contribution in [1.82, 2.24) is 0 Å². The van der Waals surface area contributed by atoms with Gasteiger partial charge < -0.3 is 0 Å². The van der Waals surface area contributed by atoms with E-state index < -0.39 is 0 Å². The molecule has 4 aliphatic carbocycles. The topological polar surface area (TPSA) is 0 Å². The van der Waals surface area contributed by atoms with Gasteiger partial charge in [0.25, 0.3) is 0 Å². The molecule has 67 heavy (non-hydrogen) atoms. The van der Waals surface area contributed by atoms with Crippen molar-refractivity contribution >= 4 is 0 Å². The first-order valence-corrected chi connectivity index (χ1v) is 24.4. The zero-order chi connectivity index (χ0) is 43.6. The molecule has 0 N–H and O–H groups in total. The molecule has 0 aromatic heterocycles. The molecule has 0 unspecified atom stereocenters. The third-order valence-electron chi connectivity index (χ3n) is 13.7. The summed E-state index contributed by atoms with van der Waals surface area (Å²) in [5, 5.41) is 0. The van der Waals surface area contributed by atoms with Gasteiger partial charge in [-0.1, -0.05) is 313 Å². The van der Waals surface area contributed by atoms with E-state index in [1.807, 2.05) is 0 Å². The van der Waals surface area contributed by atoms with E-state index in [0.29, 0.717) is 0 Å². The van der Waals surface area contributed by atoms with Crippen LogP contribution in [0.15, 0.2) is 60.7 Å². The first-order chi connectivity index (χ1) is 27.3. The number of aryl methyl sites for hydroxylation is 7.